The summed E-state index contributed by atoms with van der Waals surface area (Å²) >= 11 is 0. The Balaban J connectivity index is 2.29. The van der Waals surface area contributed by atoms with Gasteiger partial charge in [-0.2, -0.15) is 0 Å². The lowest BCUT2D eigenvalue weighted by atomic mass is 10.2. The van der Waals surface area contributed by atoms with Crippen LogP contribution in [0.1, 0.15) is 28.9 Å². The van der Waals surface area contributed by atoms with Crippen molar-refractivity contribution in [3.8, 4) is 0 Å². The topological polar surface area (TPSA) is 78.3 Å². The minimum atomic E-state index is -0.986. The van der Waals surface area contributed by atoms with Crippen LogP contribution in [0.5, 0.6) is 0 Å². The molecule has 0 saturated carbocycles. The summed E-state index contributed by atoms with van der Waals surface area (Å²) in [4.78, 5) is 20.8. The molecule has 0 spiro atoms. The molecule has 0 bridgehead atoms. The van der Waals surface area contributed by atoms with Crippen LogP contribution in [-0.4, -0.2) is 53.1 Å². The molecule has 1 aromatic rings. The second-order valence-electron chi connectivity index (χ2n) is 4.38. The van der Waals surface area contributed by atoms with Gasteiger partial charge in [-0.1, -0.05) is 0 Å². The first-order valence-corrected chi connectivity index (χ1v) is 5.99. The summed E-state index contributed by atoms with van der Waals surface area (Å²) in [6.45, 7) is 2.39. The molecule has 0 amide bonds. The van der Waals surface area contributed by atoms with E-state index < -0.39 is 5.97 Å². The molecule has 2 N–H and O–H groups in total. The monoisotopic (exact) mass is 252 g/mol. The molecule has 100 valence electrons. The Morgan fingerprint density at radius 1 is 1.44 bits per heavy atom. The van der Waals surface area contributed by atoms with Crippen LogP contribution < -0.4 is 5.32 Å². The van der Waals surface area contributed by atoms with Gasteiger partial charge in [0.05, 0.1) is 5.69 Å². The van der Waals surface area contributed by atoms with Gasteiger partial charge in [-0.15, -0.1) is 0 Å². The minimum absolute atomic E-state index is 0.165. The number of aromatic nitrogens is 2. The number of carboxylic acid groups (broad SMARTS) is 1. The van der Waals surface area contributed by atoms with Crippen LogP contribution in [-0.2, 0) is 6.54 Å². The van der Waals surface area contributed by atoms with Gasteiger partial charge < -0.3 is 15.3 Å². The molecule has 1 aromatic heterocycles. The van der Waals surface area contributed by atoms with E-state index in [0.29, 0.717) is 12.2 Å². The quantitative estimate of drug-likeness (QED) is 0.660. The molecule has 0 aliphatic rings. The van der Waals surface area contributed by atoms with E-state index in [4.69, 9.17) is 5.11 Å². The van der Waals surface area contributed by atoms with Crippen LogP contribution >= 0.6 is 0 Å². The highest BCUT2D eigenvalue weighted by Crippen LogP contribution is 2.03. The van der Waals surface area contributed by atoms with E-state index in [2.05, 4.69) is 20.2 Å². The van der Waals surface area contributed by atoms with Crippen LogP contribution in [0.2, 0.25) is 0 Å². The average molecular weight is 252 g/mol. The van der Waals surface area contributed by atoms with Gasteiger partial charge in [-0.05, 0) is 40.0 Å². The first-order chi connectivity index (χ1) is 8.61. The van der Waals surface area contributed by atoms with Crippen molar-refractivity contribution in [2.75, 3.05) is 27.2 Å². The highest BCUT2D eigenvalue weighted by Gasteiger charge is 2.10. The predicted octanol–water partition coefficient (Wildman–Crippen LogP) is 0.606. The van der Waals surface area contributed by atoms with Crippen molar-refractivity contribution in [2.24, 2.45) is 0 Å². The maximum absolute atomic E-state index is 10.9. The summed E-state index contributed by atoms with van der Waals surface area (Å²) in [6.07, 6.45) is 4.88. The van der Waals surface area contributed by atoms with Crippen LogP contribution in [0.15, 0.2) is 12.5 Å². The lowest BCUT2D eigenvalue weighted by molar-refractivity contribution is 0.0694. The van der Waals surface area contributed by atoms with E-state index >= 15 is 0 Å². The van der Waals surface area contributed by atoms with Crippen LogP contribution in [0.3, 0.4) is 0 Å². The zero-order chi connectivity index (χ0) is 13.4. The fourth-order valence-electron chi connectivity index (χ4n) is 1.56. The Labute approximate surface area is 107 Å². The maximum atomic E-state index is 10.9. The van der Waals surface area contributed by atoms with E-state index in [-0.39, 0.29) is 5.56 Å². The third-order valence-electron chi connectivity index (χ3n) is 2.53. The molecule has 18 heavy (non-hydrogen) atoms. The van der Waals surface area contributed by atoms with Gasteiger partial charge in [0.1, 0.15) is 11.9 Å². The van der Waals surface area contributed by atoms with E-state index in [0.717, 1.165) is 25.9 Å². The zero-order valence-electron chi connectivity index (χ0n) is 10.9. The molecule has 0 atom stereocenters. The van der Waals surface area contributed by atoms with Gasteiger partial charge in [-0.25, -0.2) is 14.8 Å². The molecular weight excluding hydrogens is 232 g/mol. The van der Waals surface area contributed by atoms with Crippen molar-refractivity contribution >= 4 is 5.97 Å². The first kappa shape index (κ1) is 14.5. The number of nitrogens with zero attached hydrogens (tertiary/aromatic N) is 3. The lowest BCUT2D eigenvalue weighted by Gasteiger charge is -2.09. The number of carboxylic acids is 1. The summed E-state index contributed by atoms with van der Waals surface area (Å²) in [5, 5.41) is 12.2. The van der Waals surface area contributed by atoms with Crippen LogP contribution in [0, 0.1) is 0 Å². The molecule has 0 radical (unpaired) electrons. The van der Waals surface area contributed by atoms with E-state index in [1.807, 2.05) is 14.1 Å². The fourth-order valence-corrected chi connectivity index (χ4v) is 1.56. The Morgan fingerprint density at radius 3 is 2.89 bits per heavy atom. The number of nitrogens with one attached hydrogen (secondary N) is 1. The number of hydrogen-bond donors (Lipinski definition) is 2. The second kappa shape index (κ2) is 7.73. The molecule has 6 heteroatoms. The molecule has 0 unspecified atom stereocenters. The molecule has 0 aliphatic heterocycles. The third-order valence-corrected chi connectivity index (χ3v) is 2.53. The maximum Gasteiger partial charge on any atom is 0.339 e. The summed E-state index contributed by atoms with van der Waals surface area (Å²) in [7, 11) is 4.10. The highest BCUT2D eigenvalue weighted by atomic mass is 16.4. The van der Waals surface area contributed by atoms with Crippen molar-refractivity contribution in [3.05, 3.63) is 23.8 Å². The molecule has 0 aromatic carbocycles. The normalized spacial score (nSPS) is 10.8. The molecule has 6 nitrogen and oxygen atoms in total. The van der Waals surface area contributed by atoms with Gasteiger partial charge in [0.2, 0.25) is 0 Å². The van der Waals surface area contributed by atoms with Crippen molar-refractivity contribution < 1.29 is 9.90 Å². The van der Waals surface area contributed by atoms with Crippen molar-refractivity contribution in [2.45, 2.75) is 19.4 Å². The number of rotatable bonds is 8. The second-order valence-corrected chi connectivity index (χ2v) is 4.38. The number of unbranched alkanes of at least 4 members (excludes halogenated alkanes) is 1. The fraction of sp³-hybridized carbons (Fsp3) is 0.583. The SMILES string of the molecule is CN(C)CCCCNCc1ncncc1C(=O)O. The van der Waals surface area contributed by atoms with Gasteiger partial charge in [0, 0.05) is 12.7 Å². The summed E-state index contributed by atoms with van der Waals surface area (Å²) in [5.74, 6) is -0.986. The molecule has 0 fully saturated rings. The Hall–Kier alpha value is -1.53. The number of aromatic carboxylic acids is 1. The lowest BCUT2D eigenvalue weighted by Crippen LogP contribution is -2.20. The van der Waals surface area contributed by atoms with Crippen molar-refractivity contribution in [1.29, 1.82) is 0 Å². The van der Waals surface area contributed by atoms with Crippen LogP contribution in [0.25, 0.3) is 0 Å². The van der Waals surface area contributed by atoms with Crippen molar-refractivity contribution in [3.63, 3.8) is 0 Å². The van der Waals surface area contributed by atoms with E-state index in [1.54, 1.807) is 0 Å². The summed E-state index contributed by atoms with van der Waals surface area (Å²) < 4.78 is 0. The van der Waals surface area contributed by atoms with Gasteiger partial charge in [0.15, 0.2) is 0 Å². The average Bonchev–Trinajstić information content (AvgIpc) is 2.33. The Bertz CT molecular complexity index is 382. The standard InChI is InChI=1S/C12H20N4O2/c1-16(2)6-4-3-5-13-8-11-10(12(17)18)7-14-9-15-11/h7,9,13H,3-6,8H2,1-2H3,(H,17,18). The molecular formula is C12H20N4O2. The Kier molecular flexibility index (Phi) is 6.24. The Morgan fingerprint density at radius 2 is 2.22 bits per heavy atom. The first-order valence-electron chi connectivity index (χ1n) is 5.99. The molecule has 0 aliphatic carbocycles. The third kappa shape index (κ3) is 5.20. The zero-order valence-corrected chi connectivity index (χ0v) is 10.9. The van der Waals surface area contributed by atoms with E-state index in [9.17, 15) is 4.79 Å². The smallest absolute Gasteiger partial charge is 0.339 e. The van der Waals surface area contributed by atoms with Gasteiger partial charge in [0.25, 0.3) is 0 Å². The molecule has 1 rings (SSSR count). The number of carbonyl (C=O) groups is 1. The molecule has 0 saturated heterocycles. The summed E-state index contributed by atoms with van der Waals surface area (Å²) in [5.41, 5.74) is 0.698. The van der Waals surface area contributed by atoms with Gasteiger partial charge >= 0.3 is 5.97 Å². The predicted molar refractivity (Wildman–Crippen MR) is 68.5 cm³/mol. The highest BCUT2D eigenvalue weighted by molar-refractivity contribution is 5.88. The minimum Gasteiger partial charge on any atom is -0.478 e. The van der Waals surface area contributed by atoms with Crippen molar-refractivity contribution in [1.82, 2.24) is 20.2 Å². The molecule has 1 heterocycles. The van der Waals surface area contributed by atoms with Crippen LogP contribution in [0.4, 0.5) is 0 Å². The summed E-state index contributed by atoms with van der Waals surface area (Å²) in [6, 6.07) is 0. The largest absolute Gasteiger partial charge is 0.478 e. The number of hydrogen-bond acceptors (Lipinski definition) is 5. The van der Waals surface area contributed by atoms with E-state index in [1.165, 1.54) is 12.5 Å². The van der Waals surface area contributed by atoms with Gasteiger partial charge in [-0.3, -0.25) is 0 Å².